The number of hydrogen-bond donors (Lipinski definition) is 2. The first-order chi connectivity index (χ1) is 5.24. The van der Waals surface area contributed by atoms with Crippen LogP contribution in [-0.2, 0) is 6.42 Å². The van der Waals surface area contributed by atoms with Gasteiger partial charge < -0.3 is 5.73 Å². The highest BCUT2D eigenvalue weighted by molar-refractivity contribution is 5.17. The molecule has 0 spiro atoms. The van der Waals surface area contributed by atoms with E-state index in [0.29, 0.717) is 5.56 Å². The third kappa shape index (κ3) is 1.80. The van der Waals surface area contributed by atoms with Gasteiger partial charge in [-0.1, -0.05) is 13.3 Å². The van der Waals surface area contributed by atoms with Crippen LogP contribution in [0.1, 0.15) is 18.9 Å². The first kappa shape index (κ1) is 7.78. The Balaban J connectivity index is 3.00. The molecule has 3 N–H and O–H groups in total. The van der Waals surface area contributed by atoms with Gasteiger partial charge in [-0.25, -0.2) is 4.98 Å². The molecule has 4 heteroatoms. The lowest BCUT2D eigenvalue weighted by molar-refractivity contribution is 0.888. The van der Waals surface area contributed by atoms with E-state index in [-0.39, 0.29) is 11.5 Å². The van der Waals surface area contributed by atoms with Gasteiger partial charge in [-0.05, 0) is 6.42 Å². The Morgan fingerprint density at radius 2 is 2.45 bits per heavy atom. The van der Waals surface area contributed by atoms with Crippen molar-refractivity contribution in [3.63, 3.8) is 0 Å². The minimum Gasteiger partial charge on any atom is -0.369 e. The standard InChI is InChI=1S/C7H11N3O/c1-2-3-5-4-9-7(8)10-6(5)11/h4H,2-3H2,1H3,(H3,8,9,10,11). The number of aromatic amines is 1. The second-order valence-corrected chi connectivity index (χ2v) is 2.37. The monoisotopic (exact) mass is 153 g/mol. The summed E-state index contributed by atoms with van der Waals surface area (Å²) in [6.45, 7) is 2.01. The Morgan fingerprint density at radius 3 is 3.00 bits per heavy atom. The Morgan fingerprint density at radius 1 is 1.73 bits per heavy atom. The molecular formula is C7H11N3O. The Hall–Kier alpha value is -1.32. The van der Waals surface area contributed by atoms with E-state index in [1.54, 1.807) is 0 Å². The molecule has 0 radical (unpaired) electrons. The van der Waals surface area contributed by atoms with Gasteiger partial charge in [0.2, 0.25) is 0 Å². The second-order valence-electron chi connectivity index (χ2n) is 2.37. The number of nitrogens with zero attached hydrogens (tertiary/aromatic N) is 1. The molecule has 0 amide bonds. The Labute approximate surface area is 64.5 Å². The molecule has 1 aromatic rings. The van der Waals surface area contributed by atoms with Crippen LogP contribution in [0.5, 0.6) is 0 Å². The maximum atomic E-state index is 11.1. The van der Waals surface area contributed by atoms with E-state index in [1.165, 1.54) is 6.20 Å². The zero-order valence-electron chi connectivity index (χ0n) is 6.42. The van der Waals surface area contributed by atoms with Crippen molar-refractivity contribution in [2.24, 2.45) is 0 Å². The van der Waals surface area contributed by atoms with Gasteiger partial charge in [0.25, 0.3) is 5.56 Å². The second kappa shape index (κ2) is 3.18. The summed E-state index contributed by atoms with van der Waals surface area (Å²) in [5.41, 5.74) is 5.83. The van der Waals surface area contributed by atoms with Crippen LogP contribution in [0.2, 0.25) is 0 Å². The highest BCUT2D eigenvalue weighted by Crippen LogP contribution is 1.93. The maximum Gasteiger partial charge on any atom is 0.255 e. The molecule has 60 valence electrons. The normalized spacial score (nSPS) is 9.91. The minimum absolute atomic E-state index is 0.126. The summed E-state index contributed by atoms with van der Waals surface area (Å²) in [7, 11) is 0. The summed E-state index contributed by atoms with van der Waals surface area (Å²) < 4.78 is 0. The summed E-state index contributed by atoms with van der Waals surface area (Å²) in [5.74, 6) is 0.176. The highest BCUT2D eigenvalue weighted by Gasteiger charge is 1.97. The minimum atomic E-state index is -0.126. The van der Waals surface area contributed by atoms with E-state index < -0.39 is 0 Å². The lowest BCUT2D eigenvalue weighted by atomic mass is 10.2. The summed E-state index contributed by atoms with van der Waals surface area (Å²) >= 11 is 0. The molecule has 0 bridgehead atoms. The van der Waals surface area contributed by atoms with Gasteiger partial charge in [0.1, 0.15) is 0 Å². The summed E-state index contributed by atoms with van der Waals surface area (Å²) in [4.78, 5) is 17.3. The number of rotatable bonds is 2. The molecule has 1 rings (SSSR count). The SMILES string of the molecule is CCCc1cnc(N)[nH]c1=O. The molecule has 11 heavy (non-hydrogen) atoms. The molecule has 0 unspecified atom stereocenters. The van der Waals surface area contributed by atoms with Crippen molar-refractivity contribution in [2.75, 3.05) is 5.73 Å². The molecule has 1 aromatic heterocycles. The smallest absolute Gasteiger partial charge is 0.255 e. The molecular weight excluding hydrogens is 142 g/mol. The van der Waals surface area contributed by atoms with Gasteiger partial charge in [-0.3, -0.25) is 9.78 Å². The third-order valence-electron chi connectivity index (χ3n) is 1.41. The lowest BCUT2D eigenvalue weighted by Gasteiger charge is -1.96. The van der Waals surface area contributed by atoms with E-state index >= 15 is 0 Å². The number of hydrogen-bond acceptors (Lipinski definition) is 3. The molecule has 1 heterocycles. The van der Waals surface area contributed by atoms with Gasteiger partial charge in [-0.2, -0.15) is 0 Å². The van der Waals surface area contributed by atoms with Gasteiger partial charge >= 0.3 is 0 Å². The molecule has 0 aliphatic heterocycles. The van der Waals surface area contributed by atoms with Crippen molar-refractivity contribution >= 4 is 5.95 Å². The summed E-state index contributed by atoms with van der Waals surface area (Å²) in [6, 6.07) is 0. The predicted molar refractivity (Wildman–Crippen MR) is 43.3 cm³/mol. The van der Waals surface area contributed by atoms with Gasteiger partial charge in [0.05, 0.1) is 0 Å². The zero-order chi connectivity index (χ0) is 8.27. The van der Waals surface area contributed by atoms with Crippen LogP contribution in [0.25, 0.3) is 0 Å². The summed E-state index contributed by atoms with van der Waals surface area (Å²) in [6.07, 6.45) is 3.22. The average Bonchev–Trinajstić information content (AvgIpc) is 1.95. The van der Waals surface area contributed by atoms with Crippen molar-refractivity contribution in [1.29, 1.82) is 0 Å². The fraction of sp³-hybridized carbons (Fsp3) is 0.429. The zero-order valence-corrected chi connectivity index (χ0v) is 6.42. The number of nitrogens with one attached hydrogen (secondary N) is 1. The quantitative estimate of drug-likeness (QED) is 0.642. The van der Waals surface area contributed by atoms with Crippen molar-refractivity contribution in [2.45, 2.75) is 19.8 Å². The van der Waals surface area contributed by atoms with E-state index in [1.807, 2.05) is 6.92 Å². The van der Waals surface area contributed by atoms with Crippen LogP contribution in [-0.4, -0.2) is 9.97 Å². The van der Waals surface area contributed by atoms with Crippen LogP contribution in [0.4, 0.5) is 5.95 Å². The van der Waals surface area contributed by atoms with Gasteiger partial charge in [0, 0.05) is 11.8 Å². The summed E-state index contributed by atoms with van der Waals surface area (Å²) in [5, 5.41) is 0. The average molecular weight is 153 g/mol. The molecule has 0 fully saturated rings. The van der Waals surface area contributed by atoms with Crippen LogP contribution in [0, 0.1) is 0 Å². The molecule has 0 aliphatic rings. The lowest BCUT2D eigenvalue weighted by Crippen LogP contribution is -2.15. The first-order valence-electron chi connectivity index (χ1n) is 3.57. The number of aromatic nitrogens is 2. The topological polar surface area (TPSA) is 71.8 Å². The molecule has 0 aliphatic carbocycles. The van der Waals surface area contributed by atoms with Crippen LogP contribution < -0.4 is 11.3 Å². The van der Waals surface area contributed by atoms with Crippen LogP contribution >= 0.6 is 0 Å². The van der Waals surface area contributed by atoms with Crippen molar-refractivity contribution in [3.05, 3.63) is 22.1 Å². The van der Waals surface area contributed by atoms with Crippen molar-refractivity contribution in [3.8, 4) is 0 Å². The van der Waals surface area contributed by atoms with Crippen molar-refractivity contribution < 1.29 is 0 Å². The third-order valence-corrected chi connectivity index (χ3v) is 1.41. The fourth-order valence-corrected chi connectivity index (χ4v) is 0.882. The molecule has 0 saturated heterocycles. The molecule has 0 atom stereocenters. The molecule has 0 saturated carbocycles. The number of aryl methyl sites for hydroxylation is 1. The molecule has 4 nitrogen and oxygen atoms in total. The van der Waals surface area contributed by atoms with Crippen LogP contribution in [0.15, 0.2) is 11.0 Å². The van der Waals surface area contributed by atoms with Gasteiger partial charge in [0.15, 0.2) is 5.95 Å². The van der Waals surface area contributed by atoms with E-state index in [9.17, 15) is 4.79 Å². The molecule has 0 aromatic carbocycles. The first-order valence-corrected chi connectivity index (χ1v) is 3.57. The van der Waals surface area contributed by atoms with Gasteiger partial charge in [-0.15, -0.1) is 0 Å². The van der Waals surface area contributed by atoms with Crippen molar-refractivity contribution in [1.82, 2.24) is 9.97 Å². The number of nitrogens with two attached hydrogens (primary N) is 1. The fourth-order valence-electron chi connectivity index (χ4n) is 0.882. The number of nitrogen functional groups attached to an aromatic ring is 1. The number of anilines is 1. The number of H-pyrrole nitrogens is 1. The maximum absolute atomic E-state index is 11.1. The van der Waals surface area contributed by atoms with E-state index in [2.05, 4.69) is 9.97 Å². The van der Waals surface area contributed by atoms with E-state index in [0.717, 1.165) is 12.8 Å². The van der Waals surface area contributed by atoms with E-state index in [4.69, 9.17) is 5.73 Å². The highest BCUT2D eigenvalue weighted by atomic mass is 16.1. The largest absolute Gasteiger partial charge is 0.369 e. The predicted octanol–water partition coefficient (Wildman–Crippen LogP) is 0.305. The van der Waals surface area contributed by atoms with Crippen LogP contribution in [0.3, 0.4) is 0 Å². The Bertz CT molecular complexity index is 292. The Kier molecular flexibility index (Phi) is 2.25.